The number of hydrogen-bond acceptors (Lipinski definition) is 2. The van der Waals surface area contributed by atoms with Crippen LogP contribution in [0.5, 0.6) is 0 Å². The van der Waals surface area contributed by atoms with Gasteiger partial charge < -0.3 is 10.1 Å². The molecule has 1 N–H and O–H groups in total. The van der Waals surface area contributed by atoms with Crippen molar-refractivity contribution in [2.45, 2.75) is 51.2 Å². The average molecular weight is 273 g/mol. The van der Waals surface area contributed by atoms with E-state index in [1.54, 1.807) is 0 Å². The summed E-state index contributed by atoms with van der Waals surface area (Å²) in [5, 5.41) is 3.63. The molecular weight excluding hydrogens is 246 g/mol. The maximum Gasteiger partial charge on any atom is 0.0675 e. The van der Waals surface area contributed by atoms with Gasteiger partial charge in [0.15, 0.2) is 0 Å². The molecule has 2 heteroatoms. The monoisotopic (exact) mass is 273 g/mol. The Morgan fingerprint density at radius 1 is 1.20 bits per heavy atom. The standard InChI is InChI=1S/C18H27NO/c1-16(15-19-18-12-6-3-7-13-18)20-14-8-11-17-9-4-2-5-10-17/h2,4-5,8-11,16,18-19H,3,6-7,12-15H2,1H3. The molecule has 0 heterocycles. The Hall–Kier alpha value is -1.12. The molecule has 1 fully saturated rings. The van der Waals surface area contributed by atoms with Crippen molar-refractivity contribution in [1.29, 1.82) is 0 Å². The van der Waals surface area contributed by atoms with E-state index in [2.05, 4.69) is 48.7 Å². The van der Waals surface area contributed by atoms with Gasteiger partial charge in [0.25, 0.3) is 0 Å². The van der Waals surface area contributed by atoms with Crippen molar-refractivity contribution in [2.24, 2.45) is 0 Å². The maximum atomic E-state index is 5.81. The Bertz CT molecular complexity index is 382. The molecule has 0 saturated heterocycles. The first-order valence-electron chi connectivity index (χ1n) is 7.91. The molecule has 2 rings (SSSR count). The summed E-state index contributed by atoms with van der Waals surface area (Å²) in [4.78, 5) is 0. The summed E-state index contributed by atoms with van der Waals surface area (Å²) in [7, 11) is 0. The van der Waals surface area contributed by atoms with Crippen molar-refractivity contribution in [3.8, 4) is 0 Å². The highest BCUT2D eigenvalue weighted by Crippen LogP contribution is 2.17. The van der Waals surface area contributed by atoms with E-state index >= 15 is 0 Å². The Balaban J connectivity index is 1.57. The van der Waals surface area contributed by atoms with Crippen molar-refractivity contribution in [3.05, 3.63) is 42.0 Å². The summed E-state index contributed by atoms with van der Waals surface area (Å²) < 4.78 is 5.81. The number of rotatable bonds is 7. The lowest BCUT2D eigenvalue weighted by Crippen LogP contribution is -2.36. The summed E-state index contributed by atoms with van der Waals surface area (Å²) in [6.07, 6.45) is 11.3. The molecule has 0 radical (unpaired) electrons. The summed E-state index contributed by atoms with van der Waals surface area (Å²) in [5.74, 6) is 0. The predicted octanol–water partition coefficient (Wildman–Crippen LogP) is 4.03. The van der Waals surface area contributed by atoms with Crippen LogP contribution in [-0.2, 0) is 4.74 Å². The van der Waals surface area contributed by atoms with Crippen molar-refractivity contribution < 1.29 is 4.74 Å². The SMILES string of the molecule is CC(CNC1CCCCC1)OCC=Cc1ccccc1. The van der Waals surface area contributed by atoms with Gasteiger partial charge in [-0.1, -0.05) is 61.7 Å². The fraction of sp³-hybridized carbons (Fsp3) is 0.556. The molecule has 1 aliphatic carbocycles. The van der Waals surface area contributed by atoms with E-state index in [0.29, 0.717) is 6.61 Å². The van der Waals surface area contributed by atoms with Gasteiger partial charge in [0.2, 0.25) is 0 Å². The fourth-order valence-electron chi connectivity index (χ4n) is 2.67. The largest absolute Gasteiger partial charge is 0.373 e. The topological polar surface area (TPSA) is 21.3 Å². The lowest BCUT2D eigenvalue weighted by atomic mass is 9.95. The van der Waals surface area contributed by atoms with Crippen LogP contribution in [0.25, 0.3) is 6.08 Å². The van der Waals surface area contributed by atoms with Gasteiger partial charge in [-0.15, -0.1) is 0 Å². The fourth-order valence-corrected chi connectivity index (χ4v) is 2.67. The Morgan fingerprint density at radius 2 is 1.95 bits per heavy atom. The zero-order valence-electron chi connectivity index (χ0n) is 12.6. The van der Waals surface area contributed by atoms with Crippen molar-refractivity contribution in [3.63, 3.8) is 0 Å². The van der Waals surface area contributed by atoms with Gasteiger partial charge in [-0.3, -0.25) is 0 Å². The zero-order valence-corrected chi connectivity index (χ0v) is 12.6. The molecule has 1 unspecified atom stereocenters. The lowest BCUT2D eigenvalue weighted by Gasteiger charge is -2.24. The number of nitrogens with one attached hydrogen (secondary N) is 1. The summed E-state index contributed by atoms with van der Waals surface area (Å²) >= 11 is 0. The second-order valence-corrected chi connectivity index (χ2v) is 5.70. The average Bonchev–Trinajstić information content (AvgIpc) is 2.52. The zero-order chi connectivity index (χ0) is 14.0. The minimum absolute atomic E-state index is 0.275. The second kappa shape index (κ2) is 8.93. The summed E-state index contributed by atoms with van der Waals surface area (Å²) in [6, 6.07) is 11.1. The van der Waals surface area contributed by atoms with E-state index in [0.717, 1.165) is 12.6 Å². The number of ether oxygens (including phenoxy) is 1. The van der Waals surface area contributed by atoms with Crippen LogP contribution < -0.4 is 5.32 Å². The number of hydrogen-bond donors (Lipinski definition) is 1. The molecule has 2 nitrogen and oxygen atoms in total. The van der Waals surface area contributed by atoms with Crippen LogP contribution >= 0.6 is 0 Å². The van der Waals surface area contributed by atoms with E-state index < -0.39 is 0 Å². The van der Waals surface area contributed by atoms with Gasteiger partial charge in [-0.25, -0.2) is 0 Å². The predicted molar refractivity (Wildman–Crippen MR) is 85.8 cm³/mol. The third-order valence-corrected chi connectivity index (χ3v) is 3.89. The van der Waals surface area contributed by atoms with E-state index in [-0.39, 0.29) is 6.10 Å². The molecular formula is C18H27NO. The molecule has 0 aromatic heterocycles. The quantitative estimate of drug-likeness (QED) is 0.810. The normalized spacial score (nSPS) is 18.4. The highest BCUT2D eigenvalue weighted by molar-refractivity contribution is 5.48. The van der Waals surface area contributed by atoms with Gasteiger partial charge in [0.05, 0.1) is 12.7 Å². The summed E-state index contributed by atoms with van der Waals surface area (Å²) in [6.45, 7) is 3.79. The molecule has 1 aromatic carbocycles. The van der Waals surface area contributed by atoms with E-state index in [1.165, 1.54) is 37.7 Å². The lowest BCUT2D eigenvalue weighted by molar-refractivity contribution is 0.0844. The van der Waals surface area contributed by atoms with E-state index in [4.69, 9.17) is 4.74 Å². The van der Waals surface area contributed by atoms with Gasteiger partial charge in [-0.2, -0.15) is 0 Å². The molecule has 1 aliphatic rings. The van der Waals surface area contributed by atoms with Crippen LogP contribution in [0.4, 0.5) is 0 Å². The van der Waals surface area contributed by atoms with Gasteiger partial charge in [-0.05, 0) is 25.3 Å². The van der Waals surface area contributed by atoms with Crippen molar-refractivity contribution in [2.75, 3.05) is 13.2 Å². The van der Waals surface area contributed by atoms with Crippen LogP contribution in [0.3, 0.4) is 0 Å². The molecule has 0 amide bonds. The van der Waals surface area contributed by atoms with Crippen molar-refractivity contribution in [1.82, 2.24) is 5.32 Å². The third-order valence-electron chi connectivity index (χ3n) is 3.89. The third kappa shape index (κ3) is 5.89. The molecule has 110 valence electrons. The number of benzene rings is 1. The highest BCUT2D eigenvalue weighted by Gasteiger charge is 2.13. The molecule has 0 aliphatic heterocycles. The molecule has 0 bridgehead atoms. The Morgan fingerprint density at radius 3 is 2.70 bits per heavy atom. The Labute approximate surface area is 123 Å². The first-order valence-corrected chi connectivity index (χ1v) is 7.91. The minimum Gasteiger partial charge on any atom is -0.373 e. The first-order chi connectivity index (χ1) is 9.84. The minimum atomic E-state index is 0.275. The van der Waals surface area contributed by atoms with Gasteiger partial charge in [0.1, 0.15) is 0 Å². The van der Waals surface area contributed by atoms with Crippen LogP contribution in [0.2, 0.25) is 0 Å². The van der Waals surface area contributed by atoms with Gasteiger partial charge in [0, 0.05) is 12.6 Å². The Kier molecular flexibility index (Phi) is 6.82. The molecule has 1 saturated carbocycles. The first kappa shape index (κ1) is 15.3. The van der Waals surface area contributed by atoms with Crippen molar-refractivity contribution >= 4 is 6.08 Å². The molecule has 1 aromatic rings. The molecule has 20 heavy (non-hydrogen) atoms. The summed E-state index contributed by atoms with van der Waals surface area (Å²) in [5.41, 5.74) is 1.23. The van der Waals surface area contributed by atoms with Crippen LogP contribution in [0.15, 0.2) is 36.4 Å². The van der Waals surface area contributed by atoms with Crippen LogP contribution in [0, 0.1) is 0 Å². The van der Waals surface area contributed by atoms with E-state index in [1.807, 2.05) is 6.07 Å². The highest BCUT2D eigenvalue weighted by atomic mass is 16.5. The van der Waals surface area contributed by atoms with E-state index in [9.17, 15) is 0 Å². The second-order valence-electron chi connectivity index (χ2n) is 5.70. The molecule has 1 atom stereocenters. The van der Waals surface area contributed by atoms with Crippen LogP contribution in [0.1, 0.15) is 44.6 Å². The van der Waals surface area contributed by atoms with Crippen LogP contribution in [-0.4, -0.2) is 25.3 Å². The smallest absolute Gasteiger partial charge is 0.0675 e. The molecule has 0 spiro atoms. The van der Waals surface area contributed by atoms with Gasteiger partial charge >= 0.3 is 0 Å². The maximum absolute atomic E-state index is 5.81.